The molecule has 0 atom stereocenters. The summed E-state index contributed by atoms with van der Waals surface area (Å²) in [5.41, 5.74) is 0.536. The van der Waals surface area contributed by atoms with Gasteiger partial charge in [-0.1, -0.05) is 54.6 Å². The molecule has 9 heteroatoms. The smallest absolute Gasteiger partial charge is 0.272 e. The number of rotatable bonds is 6. The average Bonchev–Trinajstić information content (AvgIpc) is 2.76. The van der Waals surface area contributed by atoms with Gasteiger partial charge < -0.3 is 10.6 Å². The average molecular weight is 462 g/mol. The molecular formula is C22H21Cl2N3O4. The van der Waals surface area contributed by atoms with E-state index in [2.05, 4.69) is 10.6 Å². The van der Waals surface area contributed by atoms with Crippen molar-refractivity contribution in [2.24, 2.45) is 5.92 Å². The topological polar surface area (TPSA) is 101 Å². The molecule has 7 nitrogen and oxygen atoms in total. The maximum Gasteiger partial charge on any atom is 0.272 e. The Morgan fingerprint density at radius 2 is 1.81 bits per heavy atom. The highest BCUT2D eigenvalue weighted by atomic mass is 35.5. The van der Waals surface area contributed by atoms with Crippen LogP contribution in [0.2, 0.25) is 10.0 Å². The van der Waals surface area contributed by atoms with E-state index >= 15 is 0 Å². The number of nitrogens with one attached hydrogen (secondary N) is 2. The number of non-ortho nitro benzene ring substituents is 1. The molecular weight excluding hydrogens is 441 g/mol. The van der Waals surface area contributed by atoms with Crippen LogP contribution in [0, 0.1) is 16.0 Å². The first-order valence-electron chi connectivity index (χ1n) is 9.87. The molecule has 1 fully saturated rings. The van der Waals surface area contributed by atoms with Gasteiger partial charge in [-0.2, -0.15) is 0 Å². The summed E-state index contributed by atoms with van der Waals surface area (Å²) >= 11 is 12.1. The molecule has 0 aliphatic heterocycles. The zero-order chi connectivity index (χ0) is 22.4. The van der Waals surface area contributed by atoms with Crippen LogP contribution in [0.3, 0.4) is 0 Å². The number of nitro benzene ring substituents is 1. The maximum absolute atomic E-state index is 13.0. The number of anilines is 1. The van der Waals surface area contributed by atoms with E-state index in [9.17, 15) is 19.7 Å². The van der Waals surface area contributed by atoms with Crippen LogP contribution < -0.4 is 10.6 Å². The number of nitro groups is 1. The van der Waals surface area contributed by atoms with Crippen LogP contribution in [0.15, 0.2) is 48.2 Å². The number of hydrogen-bond acceptors (Lipinski definition) is 4. The molecule has 0 unspecified atom stereocenters. The summed E-state index contributed by atoms with van der Waals surface area (Å²) < 4.78 is 0. The molecule has 1 aliphatic carbocycles. The lowest BCUT2D eigenvalue weighted by Crippen LogP contribution is -2.35. The third-order valence-electron chi connectivity index (χ3n) is 5.05. The van der Waals surface area contributed by atoms with Crippen molar-refractivity contribution >= 4 is 52.5 Å². The number of amides is 2. The van der Waals surface area contributed by atoms with Crippen molar-refractivity contribution < 1.29 is 14.5 Å². The number of nitrogens with zero attached hydrogens (tertiary/aromatic N) is 1. The summed E-state index contributed by atoms with van der Waals surface area (Å²) in [5, 5.41) is 17.1. The molecule has 0 radical (unpaired) electrons. The van der Waals surface area contributed by atoms with Gasteiger partial charge in [0.1, 0.15) is 5.70 Å². The Kier molecular flexibility index (Phi) is 7.65. The second-order valence-corrected chi connectivity index (χ2v) is 8.16. The highest BCUT2D eigenvalue weighted by molar-refractivity contribution is 6.36. The monoisotopic (exact) mass is 461 g/mol. The summed E-state index contributed by atoms with van der Waals surface area (Å²) in [4.78, 5) is 36.3. The Balaban J connectivity index is 1.90. The molecule has 1 aliphatic rings. The molecule has 0 aromatic heterocycles. The lowest BCUT2D eigenvalue weighted by molar-refractivity contribution is -0.384. The fraction of sp³-hybridized carbons (Fsp3) is 0.273. The lowest BCUT2D eigenvalue weighted by Gasteiger charge is -2.21. The fourth-order valence-corrected chi connectivity index (χ4v) is 3.77. The molecule has 0 spiro atoms. The highest BCUT2D eigenvalue weighted by Crippen LogP contribution is 2.27. The van der Waals surface area contributed by atoms with E-state index < -0.39 is 10.8 Å². The largest absolute Gasteiger partial charge is 0.321 e. The Bertz CT molecular complexity index is 1030. The molecule has 1 saturated carbocycles. The highest BCUT2D eigenvalue weighted by Gasteiger charge is 2.24. The molecule has 31 heavy (non-hydrogen) atoms. The van der Waals surface area contributed by atoms with Gasteiger partial charge in [0.25, 0.3) is 11.6 Å². The van der Waals surface area contributed by atoms with Gasteiger partial charge in [0.15, 0.2) is 0 Å². The number of hydrogen-bond donors (Lipinski definition) is 2. The van der Waals surface area contributed by atoms with Gasteiger partial charge >= 0.3 is 0 Å². The summed E-state index contributed by atoms with van der Waals surface area (Å²) in [6.45, 7) is 0. The van der Waals surface area contributed by atoms with Crippen LogP contribution in [0.4, 0.5) is 11.4 Å². The minimum atomic E-state index is -0.611. The molecule has 2 N–H and O–H groups in total. The summed E-state index contributed by atoms with van der Waals surface area (Å²) in [7, 11) is 0. The predicted octanol–water partition coefficient (Wildman–Crippen LogP) is 5.58. The summed E-state index contributed by atoms with van der Waals surface area (Å²) in [6, 6.07) is 10.4. The molecule has 3 rings (SSSR count). The zero-order valence-electron chi connectivity index (χ0n) is 16.6. The van der Waals surface area contributed by atoms with Crippen LogP contribution in [0.1, 0.15) is 37.7 Å². The van der Waals surface area contributed by atoms with Crippen molar-refractivity contribution in [2.45, 2.75) is 32.1 Å². The minimum absolute atomic E-state index is 0.0351. The van der Waals surface area contributed by atoms with Crippen LogP contribution in [-0.2, 0) is 9.59 Å². The first kappa shape index (κ1) is 22.8. The van der Waals surface area contributed by atoms with Gasteiger partial charge in [-0.3, -0.25) is 19.7 Å². The second kappa shape index (κ2) is 10.4. The lowest BCUT2D eigenvalue weighted by atomic mass is 9.88. The van der Waals surface area contributed by atoms with Crippen LogP contribution in [0.25, 0.3) is 6.08 Å². The second-order valence-electron chi connectivity index (χ2n) is 7.31. The third-order valence-corrected chi connectivity index (χ3v) is 5.61. The molecule has 0 heterocycles. The quantitative estimate of drug-likeness (QED) is 0.333. The van der Waals surface area contributed by atoms with E-state index in [0.717, 1.165) is 32.1 Å². The van der Waals surface area contributed by atoms with Crippen molar-refractivity contribution in [1.29, 1.82) is 0 Å². The van der Waals surface area contributed by atoms with E-state index in [1.54, 1.807) is 18.2 Å². The van der Waals surface area contributed by atoms with Gasteiger partial charge in [0.2, 0.25) is 5.91 Å². The SMILES string of the molecule is O=C(Nc1cc(Cl)ccc1Cl)C(=Cc1cccc([N+](=O)[O-])c1)NC(=O)C1CCCCC1. The summed E-state index contributed by atoms with van der Waals surface area (Å²) in [5.74, 6) is -1.03. The maximum atomic E-state index is 13.0. The van der Waals surface area contributed by atoms with Crippen molar-refractivity contribution in [3.8, 4) is 0 Å². The van der Waals surface area contributed by atoms with Gasteiger partial charge in [-0.05, 0) is 42.7 Å². The molecule has 0 bridgehead atoms. The van der Waals surface area contributed by atoms with Crippen LogP contribution in [-0.4, -0.2) is 16.7 Å². The van der Waals surface area contributed by atoms with E-state index in [4.69, 9.17) is 23.2 Å². The van der Waals surface area contributed by atoms with Crippen LogP contribution >= 0.6 is 23.2 Å². The Morgan fingerprint density at radius 1 is 1.06 bits per heavy atom. The van der Waals surface area contributed by atoms with Gasteiger partial charge in [0, 0.05) is 23.1 Å². The number of benzene rings is 2. The molecule has 2 amide bonds. The first-order chi connectivity index (χ1) is 14.8. The van der Waals surface area contributed by atoms with Crippen molar-refractivity contribution in [2.75, 3.05) is 5.32 Å². The summed E-state index contributed by atoms with van der Waals surface area (Å²) in [6.07, 6.45) is 5.95. The number of carbonyl (C=O) groups is 2. The number of halogens is 2. The van der Waals surface area contributed by atoms with Gasteiger partial charge in [-0.15, -0.1) is 0 Å². The van der Waals surface area contributed by atoms with E-state index in [0.29, 0.717) is 10.6 Å². The zero-order valence-corrected chi connectivity index (χ0v) is 18.1. The van der Waals surface area contributed by atoms with E-state index in [1.807, 2.05) is 0 Å². The van der Waals surface area contributed by atoms with E-state index in [-0.39, 0.29) is 33.9 Å². The first-order valence-corrected chi connectivity index (χ1v) is 10.6. The van der Waals surface area contributed by atoms with Gasteiger partial charge in [-0.25, -0.2) is 0 Å². The Labute approximate surface area is 189 Å². The van der Waals surface area contributed by atoms with Crippen molar-refractivity contribution in [3.63, 3.8) is 0 Å². The molecule has 2 aromatic carbocycles. The fourth-order valence-electron chi connectivity index (χ4n) is 3.44. The predicted molar refractivity (Wildman–Crippen MR) is 121 cm³/mol. The standard InChI is InChI=1S/C22H21Cl2N3O4/c23-16-9-10-18(24)19(13-16)25-22(29)20(26-21(28)15-6-2-1-3-7-15)12-14-5-4-8-17(11-14)27(30)31/h4-5,8-13,15H,1-3,6-7H2,(H,25,29)(H,26,28). The Morgan fingerprint density at radius 3 is 2.52 bits per heavy atom. The minimum Gasteiger partial charge on any atom is -0.321 e. The van der Waals surface area contributed by atoms with E-state index in [1.165, 1.54) is 30.3 Å². The third kappa shape index (κ3) is 6.29. The number of carbonyl (C=O) groups excluding carboxylic acids is 2. The van der Waals surface area contributed by atoms with Gasteiger partial charge in [0.05, 0.1) is 15.6 Å². The van der Waals surface area contributed by atoms with Crippen molar-refractivity contribution in [3.05, 3.63) is 73.9 Å². The molecule has 2 aromatic rings. The van der Waals surface area contributed by atoms with Crippen LogP contribution in [0.5, 0.6) is 0 Å². The van der Waals surface area contributed by atoms with Crippen molar-refractivity contribution in [1.82, 2.24) is 5.32 Å². The molecule has 162 valence electrons. The molecule has 0 saturated heterocycles. The Hall–Kier alpha value is -2.90. The normalized spacial score (nSPS) is 14.7.